The predicted molar refractivity (Wildman–Crippen MR) is 106 cm³/mol. The minimum atomic E-state index is -0.148. The second kappa shape index (κ2) is 8.65. The molecular weight excluding hydrogens is 358 g/mol. The van der Waals surface area contributed by atoms with E-state index in [-0.39, 0.29) is 11.9 Å². The first-order valence-corrected chi connectivity index (χ1v) is 9.13. The largest absolute Gasteiger partial charge is 0.493 e. The molecule has 0 radical (unpaired) electrons. The van der Waals surface area contributed by atoms with Crippen LogP contribution in [0.4, 0.5) is 4.79 Å². The molecule has 7 heteroatoms. The highest BCUT2D eigenvalue weighted by Gasteiger charge is 2.22. The SMILES string of the molecule is CNC(=O)c1cccc(CNC(=O)N2CCc3cc(OC)c(OC)cc3C2)c1. The molecule has 0 aromatic heterocycles. The molecule has 0 saturated heterocycles. The summed E-state index contributed by atoms with van der Waals surface area (Å²) in [5, 5.41) is 5.53. The Hall–Kier alpha value is -3.22. The monoisotopic (exact) mass is 383 g/mol. The van der Waals surface area contributed by atoms with Crippen LogP contribution in [0.15, 0.2) is 36.4 Å². The van der Waals surface area contributed by atoms with E-state index in [1.165, 1.54) is 5.56 Å². The number of carbonyl (C=O) groups excluding carboxylic acids is 2. The number of carbonyl (C=O) groups is 2. The summed E-state index contributed by atoms with van der Waals surface area (Å²) < 4.78 is 10.7. The Bertz CT molecular complexity index is 882. The third-order valence-corrected chi connectivity index (χ3v) is 4.87. The quantitative estimate of drug-likeness (QED) is 0.831. The zero-order valence-electron chi connectivity index (χ0n) is 16.4. The molecule has 3 rings (SSSR count). The van der Waals surface area contributed by atoms with Crippen molar-refractivity contribution in [1.82, 2.24) is 15.5 Å². The smallest absolute Gasteiger partial charge is 0.317 e. The van der Waals surface area contributed by atoms with Gasteiger partial charge in [0.1, 0.15) is 0 Å². The summed E-state index contributed by atoms with van der Waals surface area (Å²) in [5.41, 5.74) is 3.67. The van der Waals surface area contributed by atoms with Gasteiger partial charge in [0.15, 0.2) is 11.5 Å². The van der Waals surface area contributed by atoms with E-state index in [0.717, 1.165) is 17.5 Å². The molecule has 1 aliphatic heterocycles. The van der Waals surface area contributed by atoms with E-state index in [1.807, 2.05) is 24.3 Å². The summed E-state index contributed by atoms with van der Waals surface area (Å²) in [6.07, 6.45) is 0.759. The van der Waals surface area contributed by atoms with Crippen LogP contribution >= 0.6 is 0 Å². The Morgan fingerprint density at radius 1 is 1.07 bits per heavy atom. The van der Waals surface area contributed by atoms with Gasteiger partial charge in [0.2, 0.25) is 0 Å². The number of ether oxygens (including phenoxy) is 2. The number of amides is 3. The van der Waals surface area contributed by atoms with Crippen molar-refractivity contribution in [2.45, 2.75) is 19.5 Å². The highest BCUT2D eigenvalue weighted by atomic mass is 16.5. The summed E-state index contributed by atoms with van der Waals surface area (Å²) in [7, 11) is 4.81. The van der Waals surface area contributed by atoms with E-state index in [1.54, 1.807) is 38.3 Å². The molecule has 0 spiro atoms. The number of fused-ring (bicyclic) bond motifs is 1. The summed E-state index contributed by atoms with van der Waals surface area (Å²) in [6, 6.07) is 11.0. The maximum atomic E-state index is 12.6. The van der Waals surface area contributed by atoms with Crippen molar-refractivity contribution in [2.24, 2.45) is 0 Å². The van der Waals surface area contributed by atoms with Gasteiger partial charge in [-0.1, -0.05) is 12.1 Å². The molecule has 1 heterocycles. The summed E-state index contributed by atoms with van der Waals surface area (Å²) in [6.45, 7) is 1.51. The van der Waals surface area contributed by atoms with Gasteiger partial charge >= 0.3 is 6.03 Å². The van der Waals surface area contributed by atoms with Crippen LogP contribution in [-0.4, -0.2) is 44.7 Å². The van der Waals surface area contributed by atoms with Gasteiger partial charge in [-0.2, -0.15) is 0 Å². The number of rotatable bonds is 5. The Morgan fingerprint density at radius 3 is 2.46 bits per heavy atom. The lowest BCUT2D eigenvalue weighted by Gasteiger charge is -2.29. The summed E-state index contributed by atoms with van der Waals surface area (Å²) in [4.78, 5) is 26.1. The highest BCUT2D eigenvalue weighted by Crippen LogP contribution is 2.33. The van der Waals surface area contributed by atoms with Gasteiger partial charge < -0.3 is 25.0 Å². The van der Waals surface area contributed by atoms with E-state index < -0.39 is 0 Å². The Balaban J connectivity index is 1.64. The van der Waals surface area contributed by atoms with Crippen molar-refractivity contribution in [2.75, 3.05) is 27.8 Å². The first kappa shape index (κ1) is 19.5. The van der Waals surface area contributed by atoms with Crippen molar-refractivity contribution in [3.8, 4) is 11.5 Å². The van der Waals surface area contributed by atoms with E-state index >= 15 is 0 Å². The minimum Gasteiger partial charge on any atom is -0.493 e. The summed E-state index contributed by atoms with van der Waals surface area (Å²) >= 11 is 0. The highest BCUT2D eigenvalue weighted by molar-refractivity contribution is 5.94. The number of urea groups is 1. The zero-order valence-corrected chi connectivity index (χ0v) is 16.4. The Morgan fingerprint density at radius 2 is 1.79 bits per heavy atom. The van der Waals surface area contributed by atoms with Crippen molar-refractivity contribution in [3.63, 3.8) is 0 Å². The Labute approximate surface area is 164 Å². The van der Waals surface area contributed by atoms with Crippen molar-refractivity contribution in [3.05, 3.63) is 58.7 Å². The van der Waals surface area contributed by atoms with Crippen LogP contribution in [0.1, 0.15) is 27.0 Å². The van der Waals surface area contributed by atoms with Crippen LogP contribution < -0.4 is 20.1 Å². The predicted octanol–water partition coefficient (Wildman–Crippen LogP) is 2.33. The third kappa shape index (κ3) is 4.19. The number of benzene rings is 2. The van der Waals surface area contributed by atoms with Gasteiger partial charge in [0.05, 0.1) is 14.2 Å². The standard InChI is InChI=1S/C21H25N3O4/c1-22-20(25)16-6-4-5-14(9-16)12-23-21(26)24-8-7-15-10-18(27-2)19(28-3)11-17(15)13-24/h4-6,9-11H,7-8,12-13H2,1-3H3,(H,22,25)(H,23,26). The van der Waals surface area contributed by atoms with E-state index in [2.05, 4.69) is 10.6 Å². The minimum absolute atomic E-state index is 0.134. The zero-order chi connectivity index (χ0) is 20.1. The molecule has 2 aromatic rings. The van der Waals surface area contributed by atoms with Gasteiger partial charge in [-0.25, -0.2) is 4.79 Å². The second-order valence-electron chi connectivity index (χ2n) is 6.59. The number of nitrogens with zero attached hydrogens (tertiary/aromatic N) is 1. The lowest BCUT2D eigenvalue weighted by molar-refractivity contribution is 0.0963. The molecule has 2 N–H and O–H groups in total. The molecule has 0 saturated carbocycles. The van der Waals surface area contributed by atoms with Crippen LogP contribution in [0.5, 0.6) is 11.5 Å². The second-order valence-corrected chi connectivity index (χ2v) is 6.59. The average Bonchev–Trinajstić information content (AvgIpc) is 2.75. The lowest BCUT2D eigenvalue weighted by Crippen LogP contribution is -2.42. The number of hydrogen-bond donors (Lipinski definition) is 2. The van der Waals surface area contributed by atoms with E-state index in [9.17, 15) is 9.59 Å². The van der Waals surface area contributed by atoms with Crippen molar-refractivity contribution in [1.29, 1.82) is 0 Å². The average molecular weight is 383 g/mol. The van der Waals surface area contributed by atoms with Crippen LogP contribution in [-0.2, 0) is 19.5 Å². The molecule has 28 heavy (non-hydrogen) atoms. The van der Waals surface area contributed by atoms with Crippen LogP contribution in [0.25, 0.3) is 0 Å². The fourth-order valence-electron chi connectivity index (χ4n) is 3.31. The molecule has 0 fully saturated rings. The number of methoxy groups -OCH3 is 2. The normalized spacial score (nSPS) is 12.8. The fourth-order valence-corrected chi connectivity index (χ4v) is 3.31. The van der Waals surface area contributed by atoms with Gasteiger partial charge in [-0.15, -0.1) is 0 Å². The number of nitrogens with one attached hydrogen (secondary N) is 2. The molecular formula is C21H25N3O4. The Kier molecular flexibility index (Phi) is 6.03. The molecule has 0 aliphatic carbocycles. The maximum absolute atomic E-state index is 12.6. The molecule has 0 bridgehead atoms. The number of hydrogen-bond acceptors (Lipinski definition) is 4. The molecule has 3 amide bonds. The first-order valence-electron chi connectivity index (χ1n) is 9.13. The van der Waals surface area contributed by atoms with Crippen molar-refractivity contribution < 1.29 is 19.1 Å². The van der Waals surface area contributed by atoms with Crippen LogP contribution in [0, 0.1) is 0 Å². The van der Waals surface area contributed by atoms with Gasteiger partial charge in [-0.05, 0) is 47.4 Å². The van der Waals surface area contributed by atoms with Crippen molar-refractivity contribution >= 4 is 11.9 Å². The molecule has 1 aliphatic rings. The maximum Gasteiger partial charge on any atom is 0.317 e. The van der Waals surface area contributed by atoms with Crippen LogP contribution in [0.3, 0.4) is 0 Å². The first-order chi connectivity index (χ1) is 13.5. The van der Waals surface area contributed by atoms with Gasteiger partial charge in [0.25, 0.3) is 5.91 Å². The third-order valence-electron chi connectivity index (χ3n) is 4.87. The van der Waals surface area contributed by atoms with Gasteiger partial charge in [0, 0.05) is 32.2 Å². The summed E-state index contributed by atoms with van der Waals surface area (Å²) in [5.74, 6) is 1.22. The molecule has 148 valence electrons. The molecule has 0 atom stereocenters. The molecule has 0 unspecified atom stereocenters. The van der Waals surface area contributed by atoms with E-state index in [4.69, 9.17) is 9.47 Å². The fraction of sp³-hybridized carbons (Fsp3) is 0.333. The van der Waals surface area contributed by atoms with Crippen LogP contribution in [0.2, 0.25) is 0 Å². The molecule has 2 aromatic carbocycles. The lowest BCUT2D eigenvalue weighted by atomic mass is 9.99. The van der Waals surface area contributed by atoms with Gasteiger partial charge in [-0.3, -0.25) is 4.79 Å². The molecule has 7 nitrogen and oxygen atoms in total. The van der Waals surface area contributed by atoms with E-state index in [0.29, 0.717) is 36.7 Å². The topological polar surface area (TPSA) is 79.9 Å².